The van der Waals surface area contributed by atoms with E-state index < -0.39 is 0 Å². The summed E-state index contributed by atoms with van der Waals surface area (Å²) in [5.41, 5.74) is 1.16. The maximum Gasteiger partial charge on any atom is 0.0966 e. The summed E-state index contributed by atoms with van der Waals surface area (Å²) in [5.74, 6) is 0.615. The molecule has 0 aliphatic carbocycles. The van der Waals surface area contributed by atoms with E-state index in [2.05, 4.69) is 38.1 Å². The number of nitrogens with zero attached hydrogens (tertiary/aromatic N) is 1. The molecule has 17 heavy (non-hydrogen) atoms. The second-order valence-corrected chi connectivity index (χ2v) is 5.83. The molecule has 0 aliphatic rings. The van der Waals surface area contributed by atoms with Gasteiger partial charge in [0.2, 0.25) is 0 Å². The summed E-state index contributed by atoms with van der Waals surface area (Å²) in [4.78, 5) is 4.73. The van der Waals surface area contributed by atoms with Gasteiger partial charge in [-0.05, 0) is 18.6 Å². The minimum absolute atomic E-state index is 0.615. The topological polar surface area (TPSA) is 12.9 Å². The summed E-state index contributed by atoms with van der Waals surface area (Å²) in [5, 5.41) is 1.31. The van der Waals surface area contributed by atoms with Crippen molar-refractivity contribution in [2.45, 2.75) is 51.9 Å². The van der Waals surface area contributed by atoms with E-state index in [1.54, 1.807) is 0 Å². The SMILES string of the molecule is CCCCCCC(C)c1nc2ccccc2s1. The van der Waals surface area contributed by atoms with Gasteiger partial charge in [-0.25, -0.2) is 4.98 Å². The van der Waals surface area contributed by atoms with Crippen molar-refractivity contribution in [2.75, 3.05) is 0 Å². The number of para-hydroxylation sites is 1. The quantitative estimate of drug-likeness (QED) is 0.625. The first-order chi connectivity index (χ1) is 8.31. The van der Waals surface area contributed by atoms with E-state index in [0.717, 1.165) is 5.52 Å². The average molecular weight is 247 g/mol. The molecule has 0 fully saturated rings. The zero-order valence-electron chi connectivity index (χ0n) is 10.8. The monoisotopic (exact) mass is 247 g/mol. The number of rotatable bonds is 6. The van der Waals surface area contributed by atoms with Crippen LogP contribution in [0.25, 0.3) is 10.2 Å². The highest BCUT2D eigenvalue weighted by molar-refractivity contribution is 7.18. The Morgan fingerprint density at radius 2 is 2.00 bits per heavy atom. The van der Waals surface area contributed by atoms with Crippen LogP contribution in [-0.2, 0) is 0 Å². The van der Waals surface area contributed by atoms with Crippen LogP contribution in [0.5, 0.6) is 0 Å². The summed E-state index contributed by atoms with van der Waals surface area (Å²) >= 11 is 1.86. The van der Waals surface area contributed by atoms with Crippen LogP contribution in [0, 0.1) is 0 Å². The van der Waals surface area contributed by atoms with Gasteiger partial charge >= 0.3 is 0 Å². The molecular weight excluding hydrogens is 226 g/mol. The predicted octanol–water partition coefficient (Wildman–Crippen LogP) is 5.37. The molecule has 92 valence electrons. The van der Waals surface area contributed by atoms with Crippen LogP contribution in [0.15, 0.2) is 24.3 Å². The smallest absolute Gasteiger partial charge is 0.0966 e. The summed E-state index contributed by atoms with van der Waals surface area (Å²) in [6.45, 7) is 4.57. The van der Waals surface area contributed by atoms with Crippen LogP contribution in [-0.4, -0.2) is 4.98 Å². The highest BCUT2D eigenvalue weighted by Crippen LogP contribution is 2.30. The molecule has 0 spiro atoms. The van der Waals surface area contributed by atoms with Crippen LogP contribution < -0.4 is 0 Å². The van der Waals surface area contributed by atoms with E-state index in [9.17, 15) is 0 Å². The molecule has 1 nitrogen and oxygen atoms in total. The van der Waals surface area contributed by atoms with Gasteiger partial charge < -0.3 is 0 Å². The van der Waals surface area contributed by atoms with E-state index in [0.29, 0.717) is 5.92 Å². The van der Waals surface area contributed by atoms with Crippen molar-refractivity contribution in [3.05, 3.63) is 29.3 Å². The zero-order chi connectivity index (χ0) is 12.1. The standard InChI is InChI=1S/C15H21NS/c1-3-4-5-6-9-12(2)15-16-13-10-7-8-11-14(13)17-15/h7-8,10-12H,3-6,9H2,1-2H3. The van der Waals surface area contributed by atoms with Crippen LogP contribution in [0.3, 0.4) is 0 Å². The maximum atomic E-state index is 4.73. The fraction of sp³-hybridized carbons (Fsp3) is 0.533. The normalized spacial score (nSPS) is 13.1. The highest BCUT2D eigenvalue weighted by atomic mass is 32.1. The number of hydrogen-bond donors (Lipinski definition) is 0. The lowest BCUT2D eigenvalue weighted by Gasteiger charge is -2.06. The van der Waals surface area contributed by atoms with Crippen LogP contribution in [0.4, 0.5) is 0 Å². The largest absolute Gasteiger partial charge is 0.241 e. The Bertz CT molecular complexity index is 428. The first-order valence-corrected chi connectivity index (χ1v) is 7.48. The molecule has 0 N–H and O–H groups in total. The fourth-order valence-electron chi connectivity index (χ4n) is 2.10. The van der Waals surface area contributed by atoms with Gasteiger partial charge in [-0.3, -0.25) is 0 Å². The second-order valence-electron chi connectivity index (χ2n) is 4.77. The maximum absolute atomic E-state index is 4.73. The van der Waals surface area contributed by atoms with Crippen molar-refractivity contribution < 1.29 is 0 Å². The third-order valence-electron chi connectivity index (χ3n) is 3.22. The van der Waals surface area contributed by atoms with Gasteiger partial charge in [-0.2, -0.15) is 0 Å². The highest BCUT2D eigenvalue weighted by Gasteiger charge is 2.10. The summed E-state index contributed by atoms with van der Waals surface area (Å²) in [6, 6.07) is 8.44. The molecule has 0 amide bonds. The fourth-order valence-corrected chi connectivity index (χ4v) is 3.15. The summed E-state index contributed by atoms with van der Waals surface area (Å²) in [6.07, 6.45) is 6.67. The summed E-state index contributed by atoms with van der Waals surface area (Å²) < 4.78 is 1.32. The van der Waals surface area contributed by atoms with E-state index in [4.69, 9.17) is 4.98 Å². The molecule has 1 atom stereocenters. The Balaban J connectivity index is 1.96. The first kappa shape index (κ1) is 12.6. The number of aromatic nitrogens is 1. The van der Waals surface area contributed by atoms with Gasteiger partial charge in [-0.15, -0.1) is 11.3 Å². The Morgan fingerprint density at radius 3 is 2.76 bits per heavy atom. The van der Waals surface area contributed by atoms with Crippen LogP contribution >= 0.6 is 11.3 Å². The Morgan fingerprint density at radius 1 is 1.18 bits per heavy atom. The van der Waals surface area contributed by atoms with Crippen LogP contribution in [0.2, 0.25) is 0 Å². The van der Waals surface area contributed by atoms with Gasteiger partial charge in [0.25, 0.3) is 0 Å². The lowest BCUT2D eigenvalue weighted by atomic mass is 10.0. The Labute approximate surface area is 108 Å². The first-order valence-electron chi connectivity index (χ1n) is 6.66. The molecule has 0 bridgehead atoms. The van der Waals surface area contributed by atoms with E-state index >= 15 is 0 Å². The number of benzene rings is 1. The van der Waals surface area contributed by atoms with Gasteiger partial charge in [0, 0.05) is 5.92 Å². The number of fused-ring (bicyclic) bond motifs is 1. The lowest BCUT2D eigenvalue weighted by molar-refractivity contribution is 0.579. The number of unbranched alkanes of at least 4 members (excludes halogenated alkanes) is 3. The van der Waals surface area contributed by atoms with Crippen molar-refractivity contribution in [1.82, 2.24) is 4.98 Å². The molecule has 2 aromatic rings. The van der Waals surface area contributed by atoms with Crippen molar-refractivity contribution in [1.29, 1.82) is 0 Å². The number of thiazole rings is 1. The number of hydrogen-bond acceptors (Lipinski definition) is 2. The average Bonchev–Trinajstić information content (AvgIpc) is 2.78. The third kappa shape index (κ3) is 3.29. The van der Waals surface area contributed by atoms with Crippen molar-refractivity contribution in [2.24, 2.45) is 0 Å². The molecule has 1 aromatic heterocycles. The minimum atomic E-state index is 0.615. The molecule has 0 radical (unpaired) electrons. The molecular formula is C15H21NS. The third-order valence-corrected chi connectivity index (χ3v) is 4.49. The van der Waals surface area contributed by atoms with Gasteiger partial charge in [0.15, 0.2) is 0 Å². The molecule has 1 aromatic carbocycles. The van der Waals surface area contributed by atoms with Crippen LogP contribution in [0.1, 0.15) is 56.9 Å². The van der Waals surface area contributed by atoms with Gasteiger partial charge in [-0.1, -0.05) is 51.7 Å². The molecule has 0 saturated heterocycles. The molecule has 1 heterocycles. The molecule has 0 saturated carbocycles. The van der Waals surface area contributed by atoms with Gasteiger partial charge in [0.05, 0.1) is 15.2 Å². The molecule has 0 aliphatic heterocycles. The lowest BCUT2D eigenvalue weighted by Crippen LogP contribution is -1.92. The summed E-state index contributed by atoms with van der Waals surface area (Å²) in [7, 11) is 0. The van der Waals surface area contributed by atoms with Gasteiger partial charge in [0.1, 0.15) is 0 Å². The Kier molecular flexibility index (Phi) is 4.55. The van der Waals surface area contributed by atoms with E-state index in [-0.39, 0.29) is 0 Å². The van der Waals surface area contributed by atoms with Crippen molar-refractivity contribution in [3.63, 3.8) is 0 Å². The van der Waals surface area contributed by atoms with E-state index in [1.807, 2.05) is 11.3 Å². The molecule has 2 rings (SSSR count). The van der Waals surface area contributed by atoms with Crippen molar-refractivity contribution >= 4 is 21.6 Å². The van der Waals surface area contributed by atoms with E-state index in [1.165, 1.54) is 41.8 Å². The molecule has 2 heteroatoms. The minimum Gasteiger partial charge on any atom is -0.241 e. The van der Waals surface area contributed by atoms with Crippen molar-refractivity contribution in [3.8, 4) is 0 Å². The molecule has 1 unspecified atom stereocenters. The second kappa shape index (κ2) is 6.15. The zero-order valence-corrected chi connectivity index (χ0v) is 11.6. The Hall–Kier alpha value is -0.890. The predicted molar refractivity (Wildman–Crippen MR) is 76.8 cm³/mol.